The lowest BCUT2D eigenvalue weighted by atomic mass is 10.2. The van der Waals surface area contributed by atoms with E-state index in [0.717, 1.165) is 29.8 Å². The molecular formula is C13H20FN3. The third-order valence-electron chi connectivity index (χ3n) is 3.42. The van der Waals surface area contributed by atoms with Gasteiger partial charge in [0.05, 0.1) is 6.20 Å². The Morgan fingerprint density at radius 2 is 2.29 bits per heavy atom. The number of nitrogens with one attached hydrogen (secondary N) is 1. The molecule has 3 nitrogen and oxygen atoms in total. The highest BCUT2D eigenvalue weighted by atomic mass is 19.1. The summed E-state index contributed by atoms with van der Waals surface area (Å²) in [5, 5.41) is 3.05. The van der Waals surface area contributed by atoms with Gasteiger partial charge in [0, 0.05) is 25.7 Å². The van der Waals surface area contributed by atoms with Gasteiger partial charge in [0.1, 0.15) is 11.6 Å². The summed E-state index contributed by atoms with van der Waals surface area (Å²) < 4.78 is 13.2. The van der Waals surface area contributed by atoms with Gasteiger partial charge in [-0.3, -0.25) is 0 Å². The highest BCUT2D eigenvalue weighted by molar-refractivity contribution is 5.46. The lowest BCUT2D eigenvalue weighted by Gasteiger charge is -2.21. The van der Waals surface area contributed by atoms with Crippen LogP contribution in [0.15, 0.2) is 12.3 Å². The Bertz CT molecular complexity index is 394. The SMILES string of the molecule is CNCc1cc(F)cnc1N(C)CC1CC1C. The van der Waals surface area contributed by atoms with E-state index < -0.39 is 0 Å². The van der Waals surface area contributed by atoms with Crippen LogP contribution < -0.4 is 10.2 Å². The number of pyridine rings is 1. The molecule has 0 amide bonds. The van der Waals surface area contributed by atoms with Gasteiger partial charge in [0.2, 0.25) is 0 Å². The summed E-state index contributed by atoms with van der Waals surface area (Å²) in [6.45, 7) is 3.92. The van der Waals surface area contributed by atoms with Crippen LogP contribution in [0.3, 0.4) is 0 Å². The van der Waals surface area contributed by atoms with E-state index >= 15 is 0 Å². The van der Waals surface area contributed by atoms with E-state index in [2.05, 4.69) is 22.1 Å². The van der Waals surface area contributed by atoms with Crippen molar-refractivity contribution in [1.82, 2.24) is 10.3 Å². The van der Waals surface area contributed by atoms with Crippen molar-refractivity contribution in [3.8, 4) is 0 Å². The molecule has 0 radical (unpaired) electrons. The van der Waals surface area contributed by atoms with Gasteiger partial charge in [-0.1, -0.05) is 6.92 Å². The topological polar surface area (TPSA) is 28.2 Å². The maximum Gasteiger partial charge on any atom is 0.141 e. The second kappa shape index (κ2) is 5.00. The normalized spacial score (nSPS) is 22.6. The van der Waals surface area contributed by atoms with Crippen molar-refractivity contribution < 1.29 is 4.39 Å². The fraction of sp³-hybridized carbons (Fsp3) is 0.615. The minimum Gasteiger partial charge on any atom is -0.359 e. The summed E-state index contributed by atoms with van der Waals surface area (Å²) in [5.74, 6) is 2.21. The first kappa shape index (κ1) is 12.3. The minimum absolute atomic E-state index is 0.271. The van der Waals surface area contributed by atoms with Crippen molar-refractivity contribution in [3.05, 3.63) is 23.6 Å². The van der Waals surface area contributed by atoms with Crippen LogP contribution in [0.2, 0.25) is 0 Å². The molecule has 2 unspecified atom stereocenters. The third-order valence-corrected chi connectivity index (χ3v) is 3.42. The number of hydrogen-bond donors (Lipinski definition) is 1. The van der Waals surface area contributed by atoms with Gasteiger partial charge < -0.3 is 10.2 Å². The van der Waals surface area contributed by atoms with Crippen molar-refractivity contribution in [1.29, 1.82) is 0 Å². The summed E-state index contributed by atoms with van der Waals surface area (Å²) >= 11 is 0. The van der Waals surface area contributed by atoms with E-state index in [0.29, 0.717) is 6.54 Å². The Morgan fingerprint density at radius 1 is 1.59 bits per heavy atom. The van der Waals surface area contributed by atoms with Gasteiger partial charge in [-0.25, -0.2) is 9.37 Å². The molecule has 17 heavy (non-hydrogen) atoms. The number of aromatic nitrogens is 1. The number of hydrogen-bond acceptors (Lipinski definition) is 3. The van der Waals surface area contributed by atoms with Gasteiger partial charge in [0.25, 0.3) is 0 Å². The average Bonchev–Trinajstić information content (AvgIpc) is 2.94. The maximum atomic E-state index is 13.2. The first-order valence-corrected chi connectivity index (χ1v) is 6.12. The zero-order valence-electron chi connectivity index (χ0n) is 10.7. The first-order chi connectivity index (χ1) is 8.11. The van der Waals surface area contributed by atoms with Crippen LogP contribution in [0.4, 0.5) is 10.2 Å². The highest BCUT2D eigenvalue weighted by Crippen LogP contribution is 2.38. The largest absolute Gasteiger partial charge is 0.359 e. The standard InChI is InChI=1S/C13H20FN3/c1-9-4-11(9)8-17(3)13-10(6-15-2)5-12(14)7-16-13/h5,7,9,11,15H,4,6,8H2,1-3H3. The van der Waals surface area contributed by atoms with Crippen molar-refractivity contribution in [2.45, 2.75) is 19.9 Å². The second-order valence-corrected chi connectivity index (χ2v) is 5.02. The summed E-state index contributed by atoms with van der Waals surface area (Å²) in [5.41, 5.74) is 0.920. The number of nitrogens with zero attached hydrogens (tertiary/aromatic N) is 2. The molecule has 0 aliphatic heterocycles. The molecule has 1 heterocycles. The number of halogens is 1. The quantitative estimate of drug-likeness (QED) is 0.849. The predicted octanol–water partition coefficient (Wildman–Crippen LogP) is 2.03. The van der Waals surface area contributed by atoms with Crippen molar-refractivity contribution >= 4 is 5.82 Å². The summed E-state index contributed by atoms with van der Waals surface area (Å²) in [6.07, 6.45) is 2.59. The smallest absolute Gasteiger partial charge is 0.141 e. The molecule has 1 aromatic rings. The zero-order valence-corrected chi connectivity index (χ0v) is 10.7. The summed E-state index contributed by atoms with van der Waals surface area (Å²) in [7, 11) is 3.89. The lowest BCUT2D eigenvalue weighted by Crippen LogP contribution is -2.24. The molecule has 2 rings (SSSR count). The van der Waals surface area contributed by atoms with E-state index in [9.17, 15) is 4.39 Å². The van der Waals surface area contributed by atoms with E-state index in [1.807, 2.05) is 14.1 Å². The molecule has 1 N–H and O–H groups in total. The Kier molecular flexibility index (Phi) is 3.62. The number of anilines is 1. The van der Waals surface area contributed by atoms with Gasteiger partial charge in [0.15, 0.2) is 0 Å². The van der Waals surface area contributed by atoms with E-state index in [1.54, 1.807) is 6.07 Å². The second-order valence-electron chi connectivity index (χ2n) is 5.02. The Balaban J connectivity index is 2.12. The van der Waals surface area contributed by atoms with Gasteiger partial charge in [-0.15, -0.1) is 0 Å². The molecule has 1 aromatic heterocycles. The van der Waals surface area contributed by atoms with Gasteiger partial charge >= 0.3 is 0 Å². The highest BCUT2D eigenvalue weighted by Gasteiger charge is 2.33. The Hall–Kier alpha value is -1.16. The van der Waals surface area contributed by atoms with Crippen LogP contribution in [0.1, 0.15) is 18.9 Å². The third kappa shape index (κ3) is 2.94. The van der Waals surface area contributed by atoms with Crippen molar-refractivity contribution in [2.24, 2.45) is 11.8 Å². The Labute approximate surface area is 102 Å². The molecule has 1 aliphatic rings. The van der Waals surface area contributed by atoms with E-state index in [4.69, 9.17) is 0 Å². The minimum atomic E-state index is -0.271. The van der Waals surface area contributed by atoms with Crippen LogP contribution in [-0.2, 0) is 6.54 Å². The van der Waals surface area contributed by atoms with E-state index in [1.165, 1.54) is 12.6 Å². The van der Waals surface area contributed by atoms with Crippen LogP contribution in [0.5, 0.6) is 0 Å². The molecule has 1 saturated carbocycles. The van der Waals surface area contributed by atoms with E-state index in [-0.39, 0.29) is 5.82 Å². The summed E-state index contributed by atoms with van der Waals surface area (Å²) in [4.78, 5) is 6.35. The molecule has 2 atom stereocenters. The fourth-order valence-corrected chi connectivity index (χ4v) is 2.23. The first-order valence-electron chi connectivity index (χ1n) is 6.12. The van der Waals surface area contributed by atoms with Crippen LogP contribution in [0.25, 0.3) is 0 Å². The van der Waals surface area contributed by atoms with Crippen LogP contribution in [-0.4, -0.2) is 25.6 Å². The molecular weight excluding hydrogens is 217 g/mol. The van der Waals surface area contributed by atoms with Crippen LogP contribution in [0, 0.1) is 17.7 Å². The molecule has 0 saturated heterocycles. The fourth-order valence-electron chi connectivity index (χ4n) is 2.23. The molecule has 1 fully saturated rings. The zero-order chi connectivity index (χ0) is 12.4. The predicted molar refractivity (Wildman–Crippen MR) is 67.5 cm³/mol. The van der Waals surface area contributed by atoms with Gasteiger partial charge in [-0.2, -0.15) is 0 Å². The number of rotatable bonds is 5. The molecule has 4 heteroatoms. The average molecular weight is 237 g/mol. The van der Waals surface area contributed by atoms with Crippen LogP contribution >= 0.6 is 0 Å². The van der Waals surface area contributed by atoms with Gasteiger partial charge in [-0.05, 0) is 31.4 Å². The van der Waals surface area contributed by atoms with Crippen molar-refractivity contribution in [3.63, 3.8) is 0 Å². The monoisotopic (exact) mass is 237 g/mol. The Morgan fingerprint density at radius 3 is 2.88 bits per heavy atom. The lowest BCUT2D eigenvalue weighted by molar-refractivity contribution is 0.614. The molecule has 0 spiro atoms. The van der Waals surface area contributed by atoms with Crippen molar-refractivity contribution in [2.75, 3.05) is 25.5 Å². The molecule has 0 aromatic carbocycles. The summed E-state index contributed by atoms with van der Waals surface area (Å²) in [6, 6.07) is 1.56. The molecule has 1 aliphatic carbocycles. The maximum absolute atomic E-state index is 13.2. The molecule has 94 valence electrons. The molecule has 0 bridgehead atoms.